The van der Waals surface area contributed by atoms with Gasteiger partial charge in [0.25, 0.3) is 0 Å². The Morgan fingerprint density at radius 3 is 2.41 bits per heavy atom. The van der Waals surface area contributed by atoms with Crippen LogP contribution in [0.5, 0.6) is 0 Å². The van der Waals surface area contributed by atoms with E-state index < -0.39 is 17.4 Å². The van der Waals surface area contributed by atoms with Gasteiger partial charge >= 0.3 is 0 Å². The minimum Gasteiger partial charge on any atom is -0.368 e. The zero-order valence-electron chi connectivity index (χ0n) is 9.62. The van der Waals surface area contributed by atoms with Crippen LogP contribution in [0.25, 0.3) is 0 Å². The molecule has 0 atom stereocenters. The van der Waals surface area contributed by atoms with Gasteiger partial charge in [0.15, 0.2) is 0 Å². The van der Waals surface area contributed by atoms with Crippen molar-refractivity contribution in [1.29, 1.82) is 0 Å². The van der Waals surface area contributed by atoms with E-state index in [0.717, 1.165) is 5.69 Å². The third kappa shape index (κ3) is 2.03. The average molecular weight is 243 g/mol. The van der Waals surface area contributed by atoms with E-state index in [-0.39, 0.29) is 25.7 Å². The smallest absolute Gasteiger partial charge is 0.248 e. The molecule has 2 N–H and O–H groups in total. The lowest BCUT2D eigenvalue weighted by atomic mass is 9.79. The molecule has 1 saturated carbocycles. The van der Waals surface area contributed by atoms with Gasteiger partial charge in [0, 0.05) is 19.0 Å². The molecule has 1 amide bonds. The van der Waals surface area contributed by atoms with E-state index in [9.17, 15) is 13.6 Å². The molecule has 1 heterocycles. The number of carbonyl (C=O) groups is 1. The predicted octanol–water partition coefficient (Wildman–Crippen LogP) is 1.58. The Hall–Kier alpha value is -1.46. The van der Waals surface area contributed by atoms with Crippen molar-refractivity contribution in [2.75, 3.05) is 0 Å². The molecule has 0 bridgehead atoms. The Bertz CT molecular complexity index is 432. The summed E-state index contributed by atoms with van der Waals surface area (Å²) in [7, 11) is 0. The van der Waals surface area contributed by atoms with E-state index in [4.69, 9.17) is 5.73 Å². The standard InChI is InChI=1S/C11H15F2N3O/c1-8-6-16(7-15-8)10(9(14)17)2-4-11(12,13)5-3-10/h6-7H,2-5H2,1H3,(H2,14,17). The number of nitrogens with zero attached hydrogens (tertiary/aromatic N) is 2. The van der Waals surface area contributed by atoms with Crippen LogP contribution >= 0.6 is 0 Å². The molecule has 17 heavy (non-hydrogen) atoms. The van der Waals surface area contributed by atoms with Crippen LogP contribution in [0.1, 0.15) is 31.4 Å². The molecule has 1 aliphatic rings. The minimum atomic E-state index is -2.69. The number of hydrogen-bond acceptors (Lipinski definition) is 2. The number of imidazole rings is 1. The number of carbonyl (C=O) groups excluding carboxylic acids is 1. The normalized spacial score (nSPS) is 22.3. The van der Waals surface area contributed by atoms with Gasteiger partial charge in [-0.05, 0) is 19.8 Å². The highest BCUT2D eigenvalue weighted by molar-refractivity contribution is 5.82. The second-order valence-corrected chi connectivity index (χ2v) is 4.67. The Morgan fingerprint density at radius 2 is 2.00 bits per heavy atom. The lowest BCUT2D eigenvalue weighted by molar-refractivity contribution is -0.134. The molecule has 0 radical (unpaired) electrons. The van der Waals surface area contributed by atoms with Crippen molar-refractivity contribution in [1.82, 2.24) is 9.55 Å². The molecule has 0 unspecified atom stereocenters. The summed E-state index contributed by atoms with van der Waals surface area (Å²) in [5, 5.41) is 0. The quantitative estimate of drug-likeness (QED) is 0.857. The highest BCUT2D eigenvalue weighted by Gasteiger charge is 2.48. The van der Waals surface area contributed by atoms with Crippen LogP contribution in [0.4, 0.5) is 8.78 Å². The SMILES string of the molecule is Cc1cn(C2(C(N)=O)CCC(F)(F)CC2)cn1. The number of aryl methyl sites for hydroxylation is 1. The number of rotatable bonds is 2. The Morgan fingerprint density at radius 1 is 1.41 bits per heavy atom. The first-order chi connectivity index (χ1) is 7.86. The van der Waals surface area contributed by atoms with E-state index in [1.54, 1.807) is 17.7 Å². The van der Waals surface area contributed by atoms with Gasteiger partial charge in [-0.15, -0.1) is 0 Å². The van der Waals surface area contributed by atoms with Crippen molar-refractivity contribution in [3.05, 3.63) is 18.2 Å². The molecule has 0 spiro atoms. The van der Waals surface area contributed by atoms with E-state index in [1.165, 1.54) is 6.33 Å². The van der Waals surface area contributed by atoms with Crippen LogP contribution in [0.15, 0.2) is 12.5 Å². The van der Waals surface area contributed by atoms with Gasteiger partial charge in [0.05, 0.1) is 12.0 Å². The Balaban J connectivity index is 2.33. The Labute approximate surface area is 97.8 Å². The summed E-state index contributed by atoms with van der Waals surface area (Å²) in [5.41, 5.74) is 5.10. The number of nitrogens with two attached hydrogens (primary N) is 1. The topological polar surface area (TPSA) is 60.9 Å². The van der Waals surface area contributed by atoms with Crippen molar-refractivity contribution in [3.8, 4) is 0 Å². The molecule has 4 nitrogen and oxygen atoms in total. The zero-order valence-corrected chi connectivity index (χ0v) is 9.62. The van der Waals surface area contributed by atoms with Crippen molar-refractivity contribution >= 4 is 5.91 Å². The summed E-state index contributed by atoms with van der Waals surface area (Å²) in [6.07, 6.45) is 2.66. The van der Waals surface area contributed by atoms with Crippen LogP contribution in [0, 0.1) is 6.92 Å². The van der Waals surface area contributed by atoms with Gasteiger partial charge in [-0.2, -0.15) is 0 Å². The molecule has 1 aromatic heterocycles. The Kier molecular flexibility index (Phi) is 2.67. The maximum absolute atomic E-state index is 13.2. The molecular formula is C11H15F2N3O. The van der Waals surface area contributed by atoms with Gasteiger partial charge < -0.3 is 10.3 Å². The van der Waals surface area contributed by atoms with Crippen molar-refractivity contribution in [2.45, 2.75) is 44.1 Å². The number of amides is 1. The number of alkyl halides is 2. The molecule has 0 saturated heterocycles. The summed E-state index contributed by atoms with van der Waals surface area (Å²) in [5.74, 6) is -3.25. The molecule has 1 aliphatic carbocycles. The third-order valence-electron chi connectivity index (χ3n) is 3.47. The van der Waals surface area contributed by atoms with Crippen LogP contribution in [-0.2, 0) is 10.3 Å². The maximum atomic E-state index is 13.2. The predicted molar refractivity (Wildman–Crippen MR) is 57.5 cm³/mol. The highest BCUT2D eigenvalue weighted by atomic mass is 19.3. The number of primary amides is 1. The van der Waals surface area contributed by atoms with Crippen molar-refractivity contribution in [3.63, 3.8) is 0 Å². The van der Waals surface area contributed by atoms with E-state index in [2.05, 4.69) is 4.98 Å². The maximum Gasteiger partial charge on any atom is 0.248 e. The van der Waals surface area contributed by atoms with Crippen LogP contribution in [0.2, 0.25) is 0 Å². The largest absolute Gasteiger partial charge is 0.368 e. The molecular weight excluding hydrogens is 228 g/mol. The fourth-order valence-corrected chi connectivity index (χ4v) is 2.32. The summed E-state index contributed by atoms with van der Waals surface area (Å²) < 4.78 is 27.9. The molecule has 2 rings (SSSR count). The van der Waals surface area contributed by atoms with E-state index in [0.29, 0.717) is 0 Å². The van der Waals surface area contributed by atoms with Gasteiger partial charge in [-0.25, -0.2) is 13.8 Å². The molecule has 0 aliphatic heterocycles. The molecule has 1 fully saturated rings. The fourth-order valence-electron chi connectivity index (χ4n) is 2.32. The molecule has 94 valence electrons. The minimum absolute atomic E-state index is 0.0606. The lowest BCUT2D eigenvalue weighted by Gasteiger charge is -2.38. The van der Waals surface area contributed by atoms with Crippen LogP contribution < -0.4 is 5.73 Å². The molecule has 0 aromatic carbocycles. The average Bonchev–Trinajstić information content (AvgIpc) is 2.65. The second kappa shape index (κ2) is 3.78. The number of aromatic nitrogens is 2. The number of hydrogen-bond donors (Lipinski definition) is 1. The van der Waals surface area contributed by atoms with Crippen molar-refractivity contribution in [2.24, 2.45) is 5.73 Å². The molecule has 6 heteroatoms. The fraction of sp³-hybridized carbons (Fsp3) is 0.636. The van der Waals surface area contributed by atoms with Gasteiger partial charge in [0.1, 0.15) is 5.54 Å². The zero-order chi connectivity index (χ0) is 12.7. The highest BCUT2D eigenvalue weighted by Crippen LogP contribution is 2.42. The van der Waals surface area contributed by atoms with E-state index in [1.807, 2.05) is 0 Å². The van der Waals surface area contributed by atoms with Crippen molar-refractivity contribution < 1.29 is 13.6 Å². The van der Waals surface area contributed by atoms with Crippen LogP contribution in [-0.4, -0.2) is 21.4 Å². The molecule has 1 aromatic rings. The first-order valence-corrected chi connectivity index (χ1v) is 5.55. The lowest BCUT2D eigenvalue weighted by Crippen LogP contribution is -2.50. The number of halogens is 2. The van der Waals surface area contributed by atoms with Crippen LogP contribution in [0.3, 0.4) is 0 Å². The summed E-state index contributed by atoms with van der Waals surface area (Å²) in [4.78, 5) is 15.6. The van der Waals surface area contributed by atoms with Gasteiger partial charge in [0.2, 0.25) is 11.8 Å². The van der Waals surface area contributed by atoms with E-state index >= 15 is 0 Å². The first-order valence-electron chi connectivity index (χ1n) is 5.55. The summed E-state index contributed by atoms with van der Waals surface area (Å²) in [6.45, 7) is 1.78. The van der Waals surface area contributed by atoms with Gasteiger partial charge in [-0.1, -0.05) is 0 Å². The summed E-state index contributed by atoms with van der Waals surface area (Å²) >= 11 is 0. The second-order valence-electron chi connectivity index (χ2n) is 4.67. The van der Waals surface area contributed by atoms with Gasteiger partial charge in [-0.3, -0.25) is 4.79 Å². The monoisotopic (exact) mass is 243 g/mol. The first kappa shape index (κ1) is 12.0. The summed E-state index contributed by atoms with van der Waals surface area (Å²) in [6, 6.07) is 0. The third-order valence-corrected chi connectivity index (χ3v) is 3.47.